The summed E-state index contributed by atoms with van der Waals surface area (Å²) in [5.41, 5.74) is 2.55. The van der Waals surface area contributed by atoms with Gasteiger partial charge in [-0.05, 0) is 49.2 Å². The van der Waals surface area contributed by atoms with Crippen LogP contribution in [0.4, 0.5) is 5.69 Å². The van der Waals surface area contributed by atoms with Crippen molar-refractivity contribution in [3.05, 3.63) is 59.2 Å². The van der Waals surface area contributed by atoms with Crippen molar-refractivity contribution in [2.45, 2.75) is 18.7 Å². The highest BCUT2D eigenvalue weighted by atomic mass is 32.2. The molecule has 1 aliphatic heterocycles. The van der Waals surface area contributed by atoms with Crippen LogP contribution in [0.2, 0.25) is 0 Å². The van der Waals surface area contributed by atoms with E-state index in [1.807, 2.05) is 25.1 Å². The quantitative estimate of drug-likeness (QED) is 0.890. The lowest BCUT2D eigenvalue weighted by molar-refractivity contribution is 0.0696. The lowest BCUT2D eigenvalue weighted by Gasteiger charge is -2.35. The normalized spacial score (nSPS) is 15.8. The number of benzene rings is 2. The molecule has 138 valence electrons. The number of sulfonamides is 1. The zero-order valence-electron chi connectivity index (χ0n) is 14.8. The van der Waals surface area contributed by atoms with E-state index in [0.29, 0.717) is 26.2 Å². The van der Waals surface area contributed by atoms with Gasteiger partial charge in [-0.3, -0.25) is 0 Å². The third-order valence-electron chi connectivity index (χ3n) is 4.74. The highest BCUT2D eigenvalue weighted by molar-refractivity contribution is 7.89. The lowest BCUT2D eigenvalue weighted by atomic mass is 10.1. The molecule has 0 radical (unpaired) electrons. The van der Waals surface area contributed by atoms with Gasteiger partial charge < -0.3 is 10.0 Å². The molecule has 0 aromatic heterocycles. The van der Waals surface area contributed by atoms with Crippen LogP contribution in [0.25, 0.3) is 0 Å². The Balaban J connectivity index is 1.81. The summed E-state index contributed by atoms with van der Waals surface area (Å²) in [6.45, 7) is 5.50. The van der Waals surface area contributed by atoms with Crippen molar-refractivity contribution in [1.29, 1.82) is 0 Å². The maximum absolute atomic E-state index is 13.0. The maximum Gasteiger partial charge on any atom is 0.335 e. The Kier molecular flexibility index (Phi) is 5.02. The summed E-state index contributed by atoms with van der Waals surface area (Å²) in [6, 6.07) is 12.5. The molecule has 0 atom stereocenters. The second-order valence-electron chi connectivity index (χ2n) is 6.46. The van der Waals surface area contributed by atoms with Crippen LogP contribution < -0.4 is 4.90 Å². The number of carbonyl (C=O) groups is 1. The molecule has 0 saturated carbocycles. The van der Waals surface area contributed by atoms with Gasteiger partial charge in [0.25, 0.3) is 0 Å². The summed E-state index contributed by atoms with van der Waals surface area (Å²) in [5.74, 6) is -1.12. The molecule has 0 spiro atoms. The van der Waals surface area contributed by atoms with E-state index in [2.05, 4.69) is 11.0 Å². The summed E-state index contributed by atoms with van der Waals surface area (Å²) in [5, 5.41) is 9.23. The molecule has 1 saturated heterocycles. The standard InChI is InChI=1S/C19H22N2O4S/c1-14-5-3-6-16(13-14)20-9-11-21(12-10-20)26(24,25)18-8-4-7-17(15(18)2)19(22)23/h3-8,13H,9-12H2,1-2H3,(H,22,23). The molecule has 7 heteroatoms. The van der Waals surface area contributed by atoms with Gasteiger partial charge in [0.15, 0.2) is 0 Å². The molecule has 26 heavy (non-hydrogen) atoms. The molecule has 2 aromatic carbocycles. The van der Waals surface area contributed by atoms with Gasteiger partial charge in [0.1, 0.15) is 0 Å². The first-order chi connectivity index (χ1) is 12.3. The van der Waals surface area contributed by atoms with Crippen LogP contribution in [0, 0.1) is 13.8 Å². The third kappa shape index (κ3) is 3.45. The molecule has 1 heterocycles. The van der Waals surface area contributed by atoms with Crippen molar-refractivity contribution >= 4 is 21.7 Å². The van der Waals surface area contributed by atoms with Gasteiger partial charge in [-0.25, -0.2) is 13.2 Å². The van der Waals surface area contributed by atoms with Crippen molar-refractivity contribution < 1.29 is 18.3 Å². The smallest absolute Gasteiger partial charge is 0.335 e. The van der Waals surface area contributed by atoms with Crippen molar-refractivity contribution in [3.8, 4) is 0 Å². The Morgan fingerprint density at radius 1 is 1.00 bits per heavy atom. The fourth-order valence-electron chi connectivity index (χ4n) is 3.28. The van der Waals surface area contributed by atoms with Crippen LogP contribution in [0.1, 0.15) is 21.5 Å². The van der Waals surface area contributed by atoms with Crippen LogP contribution in [-0.4, -0.2) is 50.0 Å². The summed E-state index contributed by atoms with van der Waals surface area (Å²) in [7, 11) is -3.72. The van der Waals surface area contributed by atoms with Crippen LogP contribution >= 0.6 is 0 Å². The predicted molar refractivity (Wildman–Crippen MR) is 100 cm³/mol. The minimum atomic E-state index is -3.72. The van der Waals surface area contributed by atoms with E-state index in [1.54, 1.807) is 6.92 Å². The number of rotatable bonds is 4. The zero-order chi connectivity index (χ0) is 18.9. The van der Waals surface area contributed by atoms with E-state index in [1.165, 1.54) is 28.1 Å². The molecule has 1 aliphatic rings. The van der Waals surface area contributed by atoms with Crippen molar-refractivity contribution in [1.82, 2.24) is 4.31 Å². The average molecular weight is 374 g/mol. The summed E-state index contributed by atoms with van der Waals surface area (Å²) in [6.07, 6.45) is 0. The van der Waals surface area contributed by atoms with Crippen LogP contribution in [0.15, 0.2) is 47.4 Å². The second kappa shape index (κ2) is 7.09. The molecular formula is C19H22N2O4S. The second-order valence-corrected chi connectivity index (χ2v) is 8.37. The van der Waals surface area contributed by atoms with Crippen LogP contribution in [-0.2, 0) is 10.0 Å². The van der Waals surface area contributed by atoms with E-state index < -0.39 is 16.0 Å². The molecule has 0 aliphatic carbocycles. The minimum absolute atomic E-state index is 0.0180. The van der Waals surface area contributed by atoms with Crippen molar-refractivity contribution in [3.63, 3.8) is 0 Å². The Hall–Kier alpha value is -2.38. The van der Waals surface area contributed by atoms with Gasteiger partial charge in [0, 0.05) is 31.9 Å². The third-order valence-corrected chi connectivity index (χ3v) is 6.78. The Morgan fingerprint density at radius 3 is 2.27 bits per heavy atom. The highest BCUT2D eigenvalue weighted by Gasteiger charge is 2.30. The molecule has 3 rings (SSSR count). The highest BCUT2D eigenvalue weighted by Crippen LogP contribution is 2.25. The molecule has 2 aromatic rings. The first-order valence-corrected chi connectivity index (χ1v) is 9.89. The molecule has 0 unspecified atom stereocenters. The first kappa shape index (κ1) is 18.4. The number of anilines is 1. The number of hydrogen-bond acceptors (Lipinski definition) is 4. The lowest BCUT2D eigenvalue weighted by Crippen LogP contribution is -2.48. The van der Waals surface area contributed by atoms with E-state index in [-0.39, 0.29) is 16.0 Å². The zero-order valence-corrected chi connectivity index (χ0v) is 15.7. The molecule has 6 nitrogen and oxygen atoms in total. The molecule has 1 N–H and O–H groups in total. The number of piperazine rings is 1. The number of carboxylic acid groups (broad SMARTS) is 1. The average Bonchev–Trinajstić information content (AvgIpc) is 2.61. The Morgan fingerprint density at radius 2 is 1.65 bits per heavy atom. The first-order valence-electron chi connectivity index (χ1n) is 8.45. The molecular weight excluding hydrogens is 352 g/mol. The maximum atomic E-state index is 13.0. The van der Waals surface area contributed by atoms with Crippen molar-refractivity contribution in [2.24, 2.45) is 0 Å². The van der Waals surface area contributed by atoms with Gasteiger partial charge >= 0.3 is 5.97 Å². The topological polar surface area (TPSA) is 77.9 Å². The van der Waals surface area contributed by atoms with Gasteiger partial charge in [-0.15, -0.1) is 0 Å². The van der Waals surface area contributed by atoms with Gasteiger partial charge in [-0.1, -0.05) is 18.2 Å². The monoisotopic (exact) mass is 374 g/mol. The van der Waals surface area contributed by atoms with Crippen molar-refractivity contribution in [2.75, 3.05) is 31.1 Å². The number of aromatic carboxylic acids is 1. The van der Waals surface area contributed by atoms with Gasteiger partial charge in [0.2, 0.25) is 10.0 Å². The number of hydrogen-bond donors (Lipinski definition) is 1. The van der Waals surface area contributed by atoms with Gasteiger partial charge in [-0.2, -0.15) is 4.31 Å². The number of carboxylic acids is 1. The number of nitrogens with zero attached hydrogens (tertiary/aromatic N) is 2. The fraction of sp³-hybridized carbons (Fsp3) is 0.316. The summed E-state index contributed by atoms with van der Waals surface area (Å²) >= 11 is 0. The SMILES string of the molecule is Cc1cccc(N2CCN(S(=O)(=O)c3cccc(C(=O)O)c3C)CC2)c1. The largest absolute Gasteiger partial charge is 0.478 e. The van der Waals surface area contributed by atoms with E-state index >= 15 is 0 Å². The van der Waals surface area contributed by atoms with Gasteiger partial charge in [0.05, 0.1) is 10.5 Å². The van der Waals surface area contributed by atoms with Crippen LogP contribution in [0.3, 0.4) is 0 Å². The summed E-state index contributed by atoms with van der Waals surface area (Å²) in [4.78, 5) is 13.5. The number of aryl methyl sites for hydroxylation is 1. The minimum Gasteiger partial charge on any atom is -0.478 e. The molecule has 0 amide bonds. The fourth-order valence-corrected chi connectivity index (χ4v) is 4.95. The van der Waals surface area contributed by atoms with Crippen LogP contribution in [0.5, 0.6) is 0 Å². The predicted octanol–water partition coefficient (Wildman–Crippen LogP) is 2.51. The Labute approximate surface area is 153 Å². The van der Waals surface area contributed by atoms with E-state index in [4.69, 9.17) is 0 Å². The molecule has 0 bridgehead atoms. The molecule has 1 fully saturated rings. The summed E-state index contributed by atoms with van der Waals surface area (Å²) < 4.78 is 27.4. The van der Waals surface area contributed by atoms with E-state index in [0.717, 1.165) is 5.69 Å². The Bertz CT molecular complexity index is 932. The van der Waals surface area contributed by atoms with E-state index in [9.17, 15) is 18.3 Å².